The molecule has 0 fully saturated rings. The van der Waals surface area contributed by atoms with Gasteiger partial charge in [-0.15, -0.1) is 11.8 Å². The predicted octanol–water partition coefficient (Wildman–Crippen LogP) is 4.52. The van der Waals surface area contributed by atoms with Gasteiger partial charge in [0.2, 0.25) is 0 Å². The third-order valence-electron chi connectivity index (χ3n) is 3.41. The molecule has 116 valence electrons. The van der Waals surface area contributed by atoms with Crippen LogP contribution >= 0.6 is 11.8 Å². The number of benzene rings is 2. The van der Waals surface area contributed by atoms with Gasteiger partial charge in [-0.05, 0) is 55.0 Å². The van der Waals surface area contributed by atoms with Gasteiger partial charge in [0.1, 0.15) is 5.82 Å². The molecule has 2 nitrogen and oxygen atoms in total. The molecule has 2 rings (SSSR count). The third-order valence-corrected chi connectivity index (χ3v) is 4.46. The topological polar surface area (TPSA) is 29.1 Å². The standard InChI is InChI=1S/C18H20FNOS/c1-2-16(12-13-22-17-6-4-3-5-7-17)20-18(21)14-8-10-15(19)11-9-14/h3-11,16H,2,12-13H2,1H3,(H,20,21). The first-order valence-corrected chi connectivity index (χ1v) is 8.42. The summed E-state index contributed by atoms with van der Waals surface area (Å²) in [6.45, 7) is 2.06. The Morgan fingerprint density at radius 1 is 1.14 bits per heavy atom. The number of halogens is 1. The van der Waals surface area contributed by atoms with Crippen molar-refractivity contribution in [2.75, 3.05) is 5.75 Å². The smallest absolute Gasteiger partial charge is 0.251 e. The zero-order chi connectivity index (χ0) is 15.8. The zero-order valence-electron chi connectivity index (χ0n) is 12.6. The van der Waals surface area contributed by atoms with Gasteiger partial charge in [-0.25, -0.2) is 4.39 Å². The summed E-state index contributed by atoms with van der Waals surface area (Å²) in [6, 6.07) is 16.0. The fraction of sp³-hybridized carbons (Fsp3) is 0.278. The van der Waals surface area contributed by atoms with Crippen molar-refractivity contribution in [3.63, 3.8) is 0 Å². The number of nitrogens with one attached hydrogen (secondary N) is 1. The lowest BCUT2D eigenvalue weighted by atomic mass is 10.1. The molecule has 0 heterocycles. The van der Waals surface area contributed by atoms with E-state index in [4.69, 9.17) is 0 Å². The summed E-state index contributed by atoms with van der Waals surface area (Å²) in [7, 11) is 0. The van der Waals surface area contributed by atoms with Gasteiger partial charge in [0, 0.05) is 16.5 Å². The first-order valence-electron chi connectivity index (χ1n) is 7.43. The molecule has 0 saturated heterocycles. The highest BCUT2D eigenvalue weighted by Gasteiger charge is 2.12. The number of hydrogen-bond acceptors (Lipinski definition) is 2. The fourth-order valence-corrected chi connectivity index (χ4v) is 3.07. The van der Waals surface area contributed by atoms with Gasteiger partial charge in [-0.2, -0.15) is 0 Å². The molecule has 4 heteroatoms. The second-order valence-electron chi connectivity index (χ2n) is 5.04. The molecular weight excluding hydrogens is 297 g/mol. The Kier molecular flexibility index (Phi) is 6.46. The van der Waals surface area contributed by atoms with E-state index in [9.17, 15) is 9.18 Å². The van der Waals surface area contributed by atoms with Gasteiger partial charge >= 0.3 is 0 Å². The minimum Gasteiger partial charge on any atom is -0.349 e. The van der Waals surface area contributed by atoms with Crippen molar-refractivity contribution in [3.8, 4) is 0 Å². The van der Waals surface area contributed by atoms with E-state index >= 15 is 0 Å². The van der Waals surface area contributed by atoms with Gasteiger partial charge < -0.3 is 5.32 Å². The minimum absolute atomic E-state index is 0.133. The molecule has 0 bridgehead atoms. The lowest BCUT2D eigenvalue weighted by Crippen LogP contribution is -2.34. The van der Waals surface area contributed by atoms with E-state index in [0.29, 0.717) is 5.56 Å². The van der Waals surface area contributed by atoms with Gasteiger partial charge in [-0.3, -0.25) is 4.79 Å². The van der Waals surface area contributed by atoms with Crippen LogP contribution in [0.15, 0.2) is 59.5 Å². The molecule has 0 aliphatic carbocycles. The van der Waals surface area contributed by atoms with Crippen LogP contribution in [0.4, 0.5) is 4.39 Å². The molecule has 0 aliphatic heterocycles. The normalized spacial score (nSPS) is 11.9. The summed E-state index contributed by atoms with van der Waals surface area (Å²) < 4.78 is 12.9. The first-order chi connectivity index (χ1) is 10.7. The second kappa shape index (κ2) is 8.59. The Labute approximate surface area is 135 Å². The Bertz CT molecular complexity index is 586. The summed E-state index contributed by atoms with van der Waals surface area (Å²) >= 11 is 1.79. The van der Waals surface area contributed by atoms with Crippen LogP contribution in [-0.4, -0.2) is 17.7 Å². The largest absolute Gasteiger partial charge is 0.349 e. The SMILES string of the molecule is CCC(CCSc1ccccc1)NC(=O)c1ccc(F)cc1. The molecule has 22 heavy (non-hydrogen) atoms. The van der Waals surface area contributed by atoms with E-state index in [-0.39, 0.29) is 17.8 Å². The fourth-order valence-electron chi connectivity index (χ4n) is 2.08. The van der Waals surface area contributed by atoms with Crippen molar-refractivity contribution in [1.82, 2.24) is 5.32 Å². The monoisotopic (exact) mass is 317 g/mol. The first kappa shape index (κ1) is 16.6. The highest BCUT2D eigenvalue weighted by Crippen LogP contribution is 2.19. The molecule has 0 saturated carbocycles. The van der Waals surface area contributed by atoms with E-state index in [2.05, 4.69) is 24.4 Å². The number of carbonyl (C=O) groups is 1. The van der Waals surface area contributed by atoms with Crippen LogP contribution in [0, 0.1) is 5.82 Å². The van der Waals surface area contributed by atoms with E-state index in [1.807, 2.05) is 18.2 Å². The minimum atomic E-state index is -0.331. The summed E-state index contributed by atoms with van der Waals surface area (Å²) in [5.41, 5.74) is 0.496. The molecule has 0 aromatic heterocycles. The van der Waals surface area contributed by atoms with Crippen LogP contribution in [0.3, 0.4) is 0 Å². The van der Waals surface area contributed by atoms with Crippen LogP contribution in [-0.2, 0) is 0 Å². The maximum Gasteiger partial charge on any atom is 0.251 e. The molecule has 2 aromatic carbocycles. The van der Waals surface area contributed by atoms with Crippen molar-refractivity contribution < 1.29 is 9.18 Å². The van der Waals surface area contributed by atoms with Gasteiger partial charge in [0.25, 0.3) is 5.91 Å². The highest BCUT2D eigenvalue weighted by atomic mass is 32.2. The van der Waals surface area contributed by atoms with Crippen LogP contribution in [0.25, 0.3) is 0 Å². The summed E-state index contributed by atoms with van der Waals surface area (Å²) in [5, 5.41) is 3.01. The third kappa shape index (κ3) is 5.19. The average Bonchev–Trinajstić information content (AvgIpc) is 2.55. The number of carbonyl (C=O) groups excluding carboxylic acids is 1. The van der Waals surface area contributed by atoms with Crippen molar-refractivity contribution in [3.05, 3.63) is 66.0 Å². The second-order valence-corrected chi connectivity index (χ2v) is 6.20. The molecule has 1 N–H and O–H groups in total. The van der Waals surface area contributed by atoms with Crippen molar-refractivity contribution in [2.24, 2.45) is 0 Å². The Morgan fingerprint density at radius 2 is 1.82 bits per heavy atom. The van der Waals surface area contributed by atoms with E-state index in [1.54, 1.807) is 11.8 Å². The van der Waals surface area contributed by atoms with Crippen molar-refractivity contribution in [2.45, 2.75) is 30.7 Å². The van der Waals surface area contributed by atoms with E-state index in [0.717, 1.165) is 18.6 Å². The van der Waals surface area contributed by atoms with Gasteiger partial charge in [0.15, 0.2) is 0 Å². The maximum atomic E-state index is 12.9. The van der Waals surface area contributed by atoms with Gasteiger partial charge in [-0.1, -0.05) is 25.1 Å². The quantitative estimate of drug-likeness (QED) is 0.761. The molecule has 0 aliphatic rings. The summed E-state index contributed by atoms with van der Waals surface area (Å²) in [6.07, 6.45) is 1.78. The van der Waals surface area contributed by atoms with Crippen LogP contribution in [0.5, 0.6) is 0 Å². The number of rotatable bonds is 7. The van der Waals surface area contributed by atoms with Crippen LogP contribution < -0.4 is 5.32 Å². The van der Waals surface area contributed by atoms with E-state index in [1.165, 1.54) is 29.2 Å². The number of hydrogen-bond donors (Lipinski definition) is 1. The van der Waals surface area contributed by atoms with Crippen molar-refractivity contribution in [1.29, 1.82) is 0 Å². The zero-order valence-corrected chi connectivity index (χ0v) is 13.4. The van der Waals surface area contributed by atoms with Crippen LogP contribution in [0.2, 0.25) is 0 Å². The van der Waals surface area contributed by atoms with Crippen molar-refractivity contribution >= 4 is 17.7 Å². The maximum absolute atomic E-state index is 12.9. The average molecular weight is 317 g/mol. The molecule has 0 spiro atoms. The van der Waals surface area contributed by atoms with Crippen LogP contribution in [0.1, 0.15) is 30.1 Å². The predicted molar refractivity (Wildman–Crippen MR) is 89.7 cm³/mol. The number of thioether (sulfide) groups is 1. The lowest BCUT2D eigenvalue weighted by Gasteiger charge is -2.16. The highest BCUT2D eigenvalue weighted by molar-refractivity contribution is 7.99. The molecule has 0 radical (unpaired) electrons. The summed E-state index contributed by atoms with van der Waals surface area (Å²) in [5.74, 6) is 0.478. The molecule has 1 atom stereocenters. The molecular formula is C18H20FNOS. The Morgan fingerprint density at radius 3 is 2.45 bits per heavy atom. The Balaban J connectivity index is 1.81. The molecule has 1 amide bonds. The van der Waals surface area contributed by atoms with E-state index < -0.39 is 0 Å². The lowest BCUT2D eigenvalue weighted by molar-refractivity contribution is 0.0935. The Hall–Kier alpha value is -1.81. The summed E-state index contributed by atoms with van der Waals surface area (Å²) in [4.78, 5) is 13.4. The number of amides is 1. The van der Waals surface area contributed by atoms with Gasteiger partial charge in [0.05, 0.1) is 0 Å². The molecule has 1 unspecified atom stereocenters. The molecule has 2 aromatic rings.